The number of nitrogens with zero attached hydrogens (tertiary/aromatic N) is 2. The fourth-order valence-electron chi connectivity index (χ4n) is 1.59. The minimum atomic E-state index is -0.461. The molecule has 100 valence electrons. The van der Waals surface area contributed by atoms with E-state index < -0.39 is 4.92 Å². The molecule has 0 radical (unpaired) electrons. The summed E-state index contributed by atoms with van der Waals surface area (Å²) in [6, 6.07) is 12.8. The highest BCUT2D eigenvalue weighted by Crippen LogP contribution is 2.23. The highest BCUT2D eigenvalue weighted by molar-refractivity contribution is 6.30. The number of nitro groups is 1. The van der Waals surface area contributed by atoms with Gasteiger partial charge in [-0.2, -0.15) is 5.26 Å². The Hall–Kier alpha value is -2.58. The van der Waals surface area contributed by atoms with Gasteiger partial charge in [0.1, 0.15) is 18.4 Å². The van der Waals surface area contributed by atoms with Crippen molar-refractivity contribution < 1.29 is 9.66 Å². The average Bonchev–Trinajstić information content (AvgIpc) is 2.46. The van der Waals surface area contributed by atoms with Crippen LogP contribution >= 0.6 is 11.6 Å². The first-order chi connectivity index (χ1) is 9.60. The smallest absolute Gasteiger partial charge is 0.269 e. The summed E-state index contributed by atoms with van der Waals surface area (Å²) in [6.45, 7) is 0.217. The molecule has 0 saturated carbocycles. The van der Waals surface area contributed by atoms with Crippen LogP contribution in [0.3, 0.4) is 0 Å². The van der Waals surface area contributed by atoms with E-state index in [1.807, 2.05) is 6.07 Å². The summed E-state index contributed by atoms with van der Waals surface area (Å²) in [4.78, 5) is 10.1. The zero-order valence-corrected chi connectivity index (χ0v) is 11.0. The molecule has 0 atom stereocenters. The Balaban J connectivity index is 2.09. The van der Waals surface area contributed by atoms with E-state index in [4.69, 9.17) is 21.6 Å². The highest BCUT2D eigenvalue weighted by Gasteiger charge is 2.06. The van der Waals surface area contributed by atoms with E-state index in [1.165, 1.54) is 18.2 Å². The van der Waals surface area contributed by atoms with E-state index in [0.717, 1.165) is 5.56 Å². The molecule has 0 amide bonds. The molecule has 0 aliphatic rings. The molecule has 0 spiro atoms. The summed E-state index contributed by atoms with van der Waals surface area (Å²) in [5.41, 5.74) is 1.15. The first-order valence-electron chi connectivity index (χ1n) is 5.66. The molecule has 0 aromatic heterocycles. The summed E-state index contributed by atoms with van der Waals surface area (Å²) >= 11 is 5.79. The largest absolute Gasteiger partial charge is 0.488 e. The topological polar surface area (TPSA) is 76.2 Å². The van der Waals surface area contributed by atoms with Gasteiger partial charge in [-0.3, -0.25) is 10.1 Å². The maximum Gasteiger partial charge on any atom is 0.269 e. The molecule has 0 heterocycles. The van der Waals surface area contributed by atoms with E-state index in [1.54, 1.807) is 24.3 Å². The van der Waals surface area contributed by atoms with Gasteiger partial charge in [-0.25, -0.2) is 0 Å². The first-order valence-corrected chi connectivity index (χ1v) is 6.04. The van der Waals surface area contributed by atoms with Gasteiger partial charge in [0.25, 0.3) is 5.69 Å². The molecule has 0 fully saturated rings. The normalized spacial score (nSPS) is 9.80. The molecule has 0 saturated heterocycles. The Morgan fingerprint density at radius 3 is 2.55 bits per heavy atom. The van der Waals surface area contributed by atoms with Gasteiger partial charge in [-0.1, -0.05) is 11.6 Å². The highest BCUT2D eigenvalue weighted by atomic mass is 35.5. The molecule has 20 heavy (non-hydrogen) atoms. The summed E-state index contributed by atoms with van der Waals surface area (Å²) in [7, 11) is 0. The van der Waals surface area contributed by atoms with Crippen molar-refractivity contribution >= 4 is 17.3 Å². The number of benzene rings is 2. The molecule has 2 aromatic carbocycles. The summed E-state index contributed by atoms with van der Waals surface area (Å²) < 4.78 is 5.52. The van der Waals surface area contributed by atoms with Crippen LogP contribution in [-0.4, -0.2) is 4.92 Å². The molecule has 0 aliphatic carbocycles. The first kappa shape index (κ1) is 13.8. The molecule has 0 bridgehead atoms. The van der Waals surface area contributed by atoms with Crippen LogP contribution < -0.4 is 4.74 Å². The number of halogens is 1. The number of nitriles is 1. The predicted molar refractivity (Wildman–Crippen MR) is 73.6 cm³/mol. The van der Waals surface area contributed by atoms with Crippen molar-refractivity contribution in [1.82, 2.24) is 0 Å². The van der Waals surface area contributed by atoms with Gasteiger partial charge in [0.05, 0.1) is 10.5 Å². The monoisotopic (exact) mass is 288 g/mol. The summed E-state index contributed by atoms with van der Waals surface area (Å²) in [5, 5.41) is 20.0. The van der Waals surface area contributed by atoms with Crippen molar-refractivity contribution in [2.45, 2.75) is 6.61 Å². The Kier molecular flexibility index (Phi) is 4.18. The van der Waals surface area contributed by atoms with Gasteiger partial charge in [0.2, 0.25) is 0 Å². The lowest BCUT2D eigenvalue weighted by Gasteiger charge is -2.08. The molecule has 0 unspecified atom stereocenters. The zero-order valence-electron chi connectivity index (χ0n) is 10.2. The van der Waals surface area contributed by atoms with Gasteiger partial charge in [0.15, 0.2) is 0 Å². The van der Waals surface area contributed by atoms with Gasteiger partial charge in [-0.05, 0) is 35.9 Å². The van der Waals surface area contributed by atoms with Crippen molar-refractivity contribution in [3.05, 3.63) is 68.7 Å². The quantitative estimate of drug-likeness (QED) is 0.635. The standard InChI is InChI=1S/C14H9ClN2O3/c15-12-3-6-14(11(7-12)8-16)20-9-10-1-4-13(5-2-10)17(18)19/h1-7H,9H2. The van der Waals surface area contributed by atoms with Crippen molar-refractivity contribution in [3.63, 3.8) is 0 Å². The minimum absolute atomic E-state index is 0.0259. The van der Waals surface area contributed by atoms with Gasteiger partial charge in [0, 0.05) is 17.2 Å². The molecule has 6 heteroatoms. The van der Waals surface area contributed by atoms with Crippen molar-refractivity contribution in [2.75, 3.05) is 0 Å². The number of nitro benzene ring substituents is 1. The molecule has 2 aromatic rings. The van der Waals surface area contributed by atoms with E-state index in [-0.39, 0.29) is 12.3 Å². The third kappa shape index (κ3) is 3.25. The second-order valence-electron chi connectivity index (χ2n) is 3.96. The molecule has 0 N–H and O–H groups in total. The second kappa shape index (κ2) is 6.04. The SMILES string of the molecule is N#Cc1cc(Cl)ccc1OCc1ccc([N+](=O)[O-])cc1. The van der Waals surface area contributed by atoms with Crippen LogP contribution in [-0.2, 0) is 6.61 Å². The lowest BCUT2D eigenvalue weighted by atomic mass is 10.2. The molecular formula is C14H9ClN2O3. The maximum atomic E-state index is 10.5. The molecular weight excluding hydrogens is 280 g/mol. The van der Waals surface area contributed by atoms with Crippen molar-refractivity contribution in [1.29, 1.82) is 5.26 Å². The predicted octanol–water partition coefficient (Wildman–Crippen LogP) is 3.70. The van der Waals surface area contributed by atoms with Crippen LogP contribution in [0.5, 0.6) is 5.75 Å². The van der Waals surface area contributed by atoms with Crippen molar-refractivity contribution in [3.8, 4) is 11.8 Å². The van der Waals surface area contributed by atoms with E-state index in [9.17, 15) is 10.1 Å². The summed E-state index contributed by atoms with van der Waals surface area (Å²) in [6.07, 6.45) is 0. The van der Waals surface area contributed by atoms with E-state index in [0.29, 0.717) is 16.3 Å². The lowest BCUT2D eigenvalue weighted by Crippen LogP contribution is -1.97. The van der Waals surface area contributed by atoms with Crippen LogP contribution in [0, 0.1) is 21.4 Å². The summed E-state index contributed by atoms with van der Waals surface area (Å²) in [5.74, 6) is 0.426. The van der Waals surface area contributed by atoms with Crippen LogP contribution in [0.25, 0.3) is 0 Å². The second-order valence-corrected chi connectivity index (χ2v) is 4.40. The maximum absolute atomic E-state index is 10.5. The van der Waals surface area contributed by atoms with Crippen molar-refractivity contribution in [2.24, 2.45) is 0 Å². The minimum Gasteiger partial charge on any atom is -0.488 e. The van der Waals surface area contributed by atoms with Gasteiger partial charge >= 0.3 is 0 Å². The number of non-ortho nitro benzene ring substituents is 1. The third-order valence-corrected chi connectivity index (χ3v) is 2.84. The fraction of sp³-hybridized carbons (Fsp3) is 0.0714. The fourth-order valence-corrected chi connectivity index (χ4v) is 1.76. The average molecular weight is 289 g/mol. The van der Waals surface area contributed by atoms with Crippen LogP contribution in [0.2, 0.25) is 5.02 Å². The Morgan fingerprint density at radius 1 is 1.25 bits per heavy atom. The number of ether oxygens (including phenoxy) is 1. The third-order valence-electron chi connectivity index (χ3n) is 2.60. The van der Waals surface area contributed by atoms with Crippen LogP contribution in [0.15, 0.2) is 42.5 Å². The van der Waals surface area contributed by atoms with Gasteiger partial charge in [-0.15, -0.1) is 0 Å². The number of rotatable bonds is 4. The Bertz CT molecular complexity index is 678. The van der Waals surface area contributed by atoms with E-state index >= 15 is 0 Å². The van der Waals surface area contributed by atoms with Crippen LogP contribution in [0.4, 0.5) is 5.69 Å². The lowest BCUT2D eigenvalue weighted by molar-refractivity contribution is -0.384. The molecule has 0 aliphatic heterocycles. The zero-order chi connectivity index (χ0) is 14.5. The van der Waals surface area contributed by atoms with E-state index in [2.05, 4.69) is 0 Å². The molecule has 2 rings (SSSR count). The Labute approximate surface area is 120 Å². The van der Waals surface area contributed by atoms with Crippen LogP contribution in [0.1, 0.15) is 11.1 Å². The number of hydrogen-bond acceptors (Lipinski definition) is 4. The van der Waals surface area contributed by atoms with Gasteiger partial charge < -0.3 is 4.74 Å². The number of hydrogen-bond donors (Lipinski definition) is 0. The molecule has 5 nitrogen and oxygen atoms in total. The Morgan fingerprint density at radius 2 is 1.95 bits per heavy atom.